The number of benzene rings is 2. The zero-order chi connectivity index (χ0) is 17.2. The summed E-state index contributed by atoms with van der Waals surface area (Å²) in [6.45, 7) is 3.00. The lowest BCUT2D eigenvalue weighted by Crippen LogP contribution is -2.42. The monoisotopic (exact) mass is 335 g/mol. The minimum Gasteiger partial charge on any atom is -0.367 e. The first-order chi connectivity index (χ1) is 12.2. The molecule has 1 aliphatic rings. The molecule has 0 bridgehead atoms. The molecule has 1 aromatic heterocycles. The quantitative estimate of drug-likeness (QED) is 0.773. The standard InChI is InChI=1S/C19H21N5O/c1-14-11-15(12-23(14)16-7-3-2-4-8-16)21-19(25)22-24-13-20-17-9-5-6-10-18(17)24/h2-10,13-15H,11-12H2,1H3,(H2,21,22,25)/t14-,15-/m0/s1. The van der Waals surface area contributed by atoms with Crippen molar-refractivity contribution in [3.63, 3.8) is 0 Å². The topological polar surface area (TPSA) is 62.2 Å². The van der Waals surface area contributed by atoms with Crippen molar-refractivity contribution < 1.29 is 4.79 Å². The van der Waals surface area contributed by atoms with Gasteiger partial charge < -0.3 is 10.2 Å². The Hall–Kier alpha value is -3.02. The van der Waals surface area contributed by atoms with E-state index in [0.717, 1.165) is 24.0 Å². The fourth-order valence-corrected chi connectivity index (χ4v) is 3.49. The van der Waals surface area contributed by atoms with Crippen LogP contribution >= 0.6 is 0 Å². The molecule has 0 saturated carbocycles. The van der Waals surface area contributed by atoms with Gasteiger partial charge in [0, 0.05) is 18.3 Å². The predicted octanol–water partition coefficient (Wildman–Crippen LogP) is 2.96. The Kier molecular flexibility index (Phi) is 4.01. The van der Waals surface area contributed by atoms with E-state index in [-0.39, 0.29) is 12.1 Å². The van der Waals surface area contributed by atoms with Gasteiger partial charge in [0.1, 0.15) is 6.33 Å². The van der Waals surface area contributed by atoms with E-state index < -0.39 is 0 Å². The van der Waals surface area contributed by atoms with E-state index in [2.05, 4.69) is 39.7 Å². The maximum Gasteiger partial charge on any atom is 0.334 e. The van der Waals surface area contributed by atoms with Crippen molar-refractivity contribution in [2.75, 3.05) is 16.9 Å². The van der Waals surface area contributed by atoms with Crippen LogP contribution in [0.1, 0.15) is 13.3 Å². The van der Waals surface area contributed by atoms with Gasteiger partial charge in [-0.1, -0.05) is 30.3 Å². The Balaban J connectivity index is 1.40. The number of rotatable bonds is 3. The fraction of sp³-hybridized carbons (Fsp3) is 0.263. The first-order valence-electron chi connectivity index (χ1n) is 8.52. The second kappa shape index (κ2) is 6.47. The first-order valence-corrected chi connectivity index (χ1v) is 8.52. The fourth-order valence-electron chi connectivity index (χ4n) is 3.49. The molecule has 2 amide bonds. The van der Waals surface area contributed by atoms with E-state index in [0.29, 0.717) is 6.04 Å². The minimum absolute atomic E-state index is 0.116. The molecule has 3 aromatic rings. The summed E-state index contributed by atoms with van der Waals surface area (Å²) >= 11 is 0. The summed E-state index contributed by atoms with van der Waals surface area (Å²) in [5, 5.41) is 3.07. The van der Waals surface area contributed by atoms with Gasteiger partial charge in [-0.3, -0.25) is 0 Å². The Morgan fingerprint density at radius 3 is 2.72 bits per heavy atom. The number of urea groups is 1. The highest BCUT2D eigenvalue weighted by Crippen LogP contribution is 2.25. The molecule has 1 fully saturated rings. The zero-order valence-electron chi connectivity index (χ0n) is 14.1. The average Bonchev–Trinajstić information content (AvgIpc) is 3.19. The maximum absolute atomic E-state index is 12.4. The van der Waals surface area contributed by atoms with E-state index in [9.17, 15) is 4.79 Å². The van der Waals surface area contributed by atoms with E-state index in [1.165, 1.54) is 5.69 Å². The largest absolute Gasteiger partial charge is 0.367 e. The number of hydrogen-bond acceptors (Lipinski definition) is 3. The molecule has 2 N–H and O–H groups in total. The van der Waals surface area contributed by atoms with Crippen molar-refractivity contribution in [3.05, 3.63) is 60.9 Å². The van der Waals surface area contributed by atoms with Gasteiger partial charge in [0.05, 0.1) is 17.1 Å². The van der Waals surface area contributed by atoms with Gasteiger partial charge in [0.15, 0.2) is 0 Å². The summed E-state index contributed by atoms with van der Waals surface area (Å²) < 4.78 is 1.65. The number of imidazole rings is 1. The second-order valence-electron chi connectivity index (χ2n) is 6.46. The molecular weight excluding hydrogens is 314 g/mol. The molecule has 2 heterocycles. The van der Waals surface area contributed by atoms with Gasteiger partial charge in [-0.15, -0.1) is 0 Å². The molecule has 1 saturated heterocycles. The Labute approximate surface area is 146 Å². The third kappa shape index (κ3) is 3.15. The van der Waals surface area contributed by atoms with Crippen molar-refractivity contribution in [3.8, 4) is 0 Å². The van der Waals surface area contributed by atoms with Gasteiger partial charge in [0.25, 0.3) is 0 Å². The molecule has 0 radical (unpaired) electrons. The van der Waals surface area contributed by atoms with E-state index in [1.807, 2.05) is 42.5 Å². The number of nitrogens with zero attached hydrogens (tertiary/aromatic N) is 3. The Morgan fingerprint density at radius 1 is 1.12 bits per heavy atom. The van der Waals surface area contributed by atoms with Crippen LogP contribution in [0.3, 0.4) is 0 Å². The molecule has 25 heavy (non-hydrogen) atoms. The van der Waals surface area contributed by atoms with Crippen LogP contribution in [0.15, 0.2) is 60.9 Å². The van der Waals surface area contributed by atoms with Gasteiger partial charge in [0.2, 0.25) is 0 Å². The maximum atomic E-state index is 12.4. The number of nitrogens with one attached hydrogen (secondary N) is 2. The first kappa shape index (κ1) is 15.5. The van der Waals surface area contributed by atoms with Crippen molar-refractivity contribution in [2.45, 2.75) is 25.4 Å². The number of carbonyl (C=O) groups excluding carboxylic acids is 1. The van der Waals surface area contributed by atoms with Crippen LogP contribution in [0.4, 0.5) is 10.5 Å². The summed E-state index contributed by atoms with van der Waals surface area (Å²) in [4.78, 5) is 19.0. The molecule has 128 valence electrons. The van der Waals surface area contributed by atoms with Crippen molar-refractivity contribution in [1.82, 2.24) is 15.0 Å². The minimum atomic E-state index is -0.213. The third-order valence-corrected chi connectivity index (χ3v) is 4.67. The molecule has 0 aliphatic carbocycles. The molecule has 2 aromatic carbocycles. The van der Waals surface area contributed by atoms with Gasteiger partial charge in [-0.2, -0.15) is 0 Å². The van der Waals surface area contributed by atoms with Crippen molar-refractivity contribution in [2.24, 2.45) is 0 Å². The molecule has 2 atom stereocenters. The van der Waals surface area contributed by atoms with E-state index >= 15 is 0 Å². The van der Waals surface area contributed by atoms with Gasteiger partial charge in [-0.25, -0.2) is 19.9 Å². The van der Waals surface area contributed by atoms with Crippen LogP contribution in [0, 0.1) is 0 Å². The van der Waals surface area contributed by atoms with E-state index in [4.69, 9.17) is 0 Å². The number of fused-ring (bicyclic) bond motifs is 1. The SMILES string of the molecule is C[C@H]1C[C@H](NC(=O)Nn2cnc3ccccc32)CN1c1ccccc1. The highest BCUT2D eigenvalue weighted by molar-refractivity contribution is 5.85. The molecule has 6 nitrogen and oxygen atoms in total. The van der Waals surface area contributed by atoms with Crippen LogP contribution in [0.2, 0.25) is 0 Å². The Morgan fingerprint density at radius 2 is 1.88 bits per heavy atom. The molecule has 0 unspecified atom stereocenters. The third-order valence-electron chi connectivity index (χ3n) is 4.67. The predicted molar refractivity (Wildman–Crippen MR) is 99.3 cm³/mol. The van der Waals surface area contributed by atoms with Crippen LogP contribution in [-0.4, -0.2) is 34.3 Å². The van der Waals surface area contributed by atoms with E-state index in [1.54, 1.807) is 11.0 Å². The molecule has 0 spiro atoms. The lowest BCUT2D eigenvalue weighted by atomic mass is 10.2. The number of aromatic nitrogens is 2. The summed E-state index contributed by atoms with van der Waals surface area (Å²) in [7, 11) is 0. The molecule has 6 heteroatoms. The number of hydrogen-bond donors (Lipinski definition) is 2. The smallest absolute Gasteiger partial charge is 0.334 e. The number of para-hydroxylation sites is 3. The van der Waals surface area contributed by atoms with Crippen LogP contribution in [-0.2, 0) is 0 Å². The van der Waals surface area contributed by atoms with Gasteiger partial charge >= 0.3 is 6.03 Å². The van der Waals surface area contributed by atoms with Gasteiger partial charge in [-0.05, 0) is 37.6 Å². The highest BCUT2D eigenvalue weighted by Gasteiger charge is 2.30. The van der Waals surface area contributed by atoms with Crippen LogP contribution < -0.4 is 15.6 Å². The summed E-state index contributed by atoms with van der Waals surface area (Å²) in [5.41, 5.74) is 5.77. The van der Waals surface area contributed by atoms with Crippen LogP contribution in [0.25, 0.3) is 11.0 Å². The molecule has 1 aliphatic heterocycles. The number of carbonyl (C=O) groups is 1. The highest BCUT2D eigenvalue weighted by atomic mass is 16.2. The van der Waals surface area contributed by atoms with Crippen molar-refractivity contribution in [1.29, 1.82) is 0 Å². The lowest BCUT2D eigenvalue weighted by Gasteiger charge is -2.23. The zero-order valence-corrected chi connectivity index (χ0v) is 14.1. The number of anilines is 1. The van der Waals surface area contributed by atoms with Crippen LogP contribution in [0.5, 0.6) is 0 Å². The average molecular weight is 335 g/mol. The Bertz CT molecular complexity index is 876. The van der Waals surface area contributed by atoms with Crippen molar-refractivity contribution >= 4 is 22.8 Å². The lowest BCUT2D eigenvalue weighted by molar-refractivity contribution is 0.246. The summed E-state index contributed by atoms with van der Waals surface area (Å²) in [6.07, 6.45) is 2.55. The summed E-state index contributed by atoms with van der Waals surface area (Å²) in [5.74, 6) is 0. The normalized spacial score (nSPS) is 20.0. The molecular formula is C19H21N5O. The molecule has 4 rings (SSSR count). The number of amides is 2. The second-order valence-corrected chi connectivity index (χ2v) is 6.46. The summed E-state index contributed by atoms with van der Waals surface area (Å²) in [6, 6.07) is 18.3.